The number of hydrogen-bond acceptors (Lipinski definition) is 3. The molecule has 0 unspecified atom stereocenters. The van der Waals surface area contributed by atoms with Gasteiger partial charge in [-0.15, -0.1) is 0 Å². The third-order valence-electron chi connectivity index (χ3n) is 3.58. The van der Waals surface area contributed by atoms with Gasteiger partial charge < -0.3 is 21.3 Å². The minimum atomic E-state index is -0.456. The van der Waals surface area contributed by atoms with Crippen molar-refractivity contribution < 1.29 is 14.4 Å². The normalized spacial score (nSPS) is 10.0. The highest BCUT2D eigenvalue weighted by Crippen LogP contribution is 2.20. The van der Waals surface area contributed by atoms with Crippen LogP contribution in [0.4, 0.5) is 10.5 Å². The maximum absolute atomic E-state index is 11.8. The second-order valence-corrected chi connectivity index (χ2v) is 6.68. The van der Waals surface area contributed by atoms with Crippen molar-refractivity contribution in [2.75, 3.05) is 18.4 Å². The third-order valence-corrected chi connectivity index (χ3v) is 4.27. The van der Waals surface area contributed by atoms with Crippen molar-refractivity contribution in [2.24, 2.45) is 0 Å². The van der Waals surface area contributed by atoms with E-state index in [1.54, 1.807) is 18.2 Å². The molecule has 0 aliphatic rings. The smallest absolute Gasteiger partial charge is 0.315 e. The van der Waals surface area contributed by atoms with Crippen LogP contribution in [0.5, 0.6) is 0 Å². The van der Waals surface area contributed by atoms with E-state index in [1.165, 1.54) is 0 Å². The Labute approximate surface area is 166 Å². The summed E-state index contributed by atoms with van der Waals surface area (Å²) in [5, 5.41) is 10.2. The van der Waals surface area contributed by atoms with Gasteiger partial charge in [0, 0.05) is 11.0 Å². The summed E-state index contributed by atoms with van der Waals surface area (Å²) in [5.41, 5.74) is 2.72. The first-order valence-electron chi connectivity index (χ1n) is 8.32. The number of anilines is 1. The molecule has 0 aromatic heterocycles. The molecule has 0 saturated heterocycles. The minimum absolute atomic E-state index is 0.188. The van der Waals surface area contributed by atoms with Gasteiger partial charge in [0.25, 0.3) is 0 Å². The Morgan fingerprint density at radius 1 is 0.852 bits per heavy atom. The van der Waals surface area contributed by atoms with Crippen molar-refractivity contribution >= 4 is 39.5 Å². The van der Waals surface area contributed by atoms with Crippen LogP contribution in [-0.2, 0) is 16.1 Å². The van der Waals surface area contributed by atoms with Crippen molar-refractivity contribution in [3.05, 3.63) is 64.1 Å². The Morgan fingerprint density at radius 3 is 2.22 bits per heavy atom. The van der Waals surface area contributed by atoms with E-state index >= 15 is 0 Å². The predicted molar refractivity (Wildman–Crippen MR) is 107 cm³/mol. The molecule has 0 aliphatic carbocycles. The molecular weight excluding hydrogens is 412 g/mol. The number of nitrogens with one attached hydrogen (secondary N) is 4. The van der Waals surface area contributed by atoms with Crippen molar-refractivity contribution in [1.29, 1.82) is 0 Å². The fourth-order valence-corrected chi connectivity index (χ4v) is 2.49. The molecule has 27 heavy (non-hydrogen) atoms. The first-order valence-corrected chi connectivity index (χ1v) is 9.11. The molecule has 4 amide bonds. The first kappa shape index (κ1) is 20.4. The number of rotatable bonds is 7. The van der Waals surface area contributed by atoms with E-state index in [9.17, 15) is 14.4 Å². The van der Waals surface area contributed by atoms with Gasteiger partial charge in [0.05, 0.1) is 18.8 Å². The molecule has 8 heteroatoms. The average Bonchev–Trinajstić information content (AvgIpc) is 2.66. The second kappa shape index (κ2) is 10.3. The van der Waals surface area contributed by atoms with Crippen LogP contribution in [0.2, 0.25) is 0 Å². The van der Waals surface area contributed by atoms with E-state index in [0.717, 1.165) is 15.6 Å². The molecule has 4 N–H and O–H groups in total. The Balaban J connectivity index is 1.63. The van der Waals surface area contributed by atoms with Gasteiger partial charge >= 0.3 is 6.03 Å². The number of benzene rings is 2. The number of aryl methyl sites for hydroxylation is 1. The fraction of sp³-hybridized carbons (Fsp3) is 0.211. The highest BCUT2D eigenvalue weighted by molar-refractivity contribution is 9.10. The van der Waals surface area contributed by atoms with Crippen molar-refractivity contribution in [2.45, 2.75) is 13.5 Å². The van der Waals surface area contributed by atoms with Gasteiger partial charge in [-0.05, 0) is 40.5 Å². The lowest BCUT2D eigenvalue weighted by Crippen LogP contribution is -2.43. The van der Waals surface area contributed by atoms with Gasteiger partial charge in [-0.3, -0.25) is 9.59 Å². The van der Waals surface area contributed by atoms with E-state index in [-0.39, 0.29) is 19.0 Å². The monoisotopic (exact) mass is 432 g/mol. The number of halogens is 1. The van der Waals surface area contributed by atoms with Crippen LogP contribution in [-0.4, -0.2) is 30.9 Å². The molecule has 0 atom stereocenters. The topological polar surface area (TPSA) is 99.3 Å². The summed E-state index contributed by atoms with van der Waals surface area (Å²) in [4.78, 5) is 35.3. The summed E-state index contributed by atoms with van der Waals surface area (Å²) >= 11 is 3.32. The number of amides is 4. The molecular formula is C19H21BrN4O3. The molecule has 0 radical (unpaired) electrons. The molecule has 0 bridgehead atoms. The number of carbonyl (C=O) groups is 3. The molecule has 0 spiro atoms. The summed E-state index contributed by atoms with van der Waals surface area (Å²) in [6, 6.07) is 14.5. The molecule has 142 valence electrons. The van der Waals surface area contributed by atoms with E-state index in [1.807, 2.05) is 37.3 Å². The number of carbonyl (C=O) groups excluding carboxylic acids is 3. The van der Waals surface area contributed by atoms with Gasteiger partial charge in [0.2, 0.25) is 11.8 Å². The molecule has 0 aliphatic heterocycles. The molecule has 7 nitrogen and oxygen atoms in total. The van der Waals surface area contributed by atoms with Crippen LogP contribution in [0.25, 0.3) is 0 Å². The second-order valence-electron chi connectivity index (χ2n) is 5.83. The molecule has 0 saturated carbocycles. The van der Waals surface area contributed by atoms with Crippen LogP contribution in [0.1, 0.15) is 11.1 Å². The van der Waals surface area contributed by atoms with Crippen molar-refractivity contribution in [3.8, 4) is 0 Å². The number of para-hydroxylation sites is 1. The summed E-state index contributed by atoms with van der Waals surface area (Å²) < 4.78 is 0.747. The van der Waals surface area contributed by atoms with E-state index in [2.05, 4.69) is 37.2 Å². The summed E-state index contributed by atoms with van der Waals surface area (Å²) in [5.74, 6) is -0.818. The summed E-state index contributed by atoms with van der Waals surface area (Å²) in [7, 11) is 0. The van der Waals surface area contributed by atoms with Gasteiger partial charge in [0.15, 0.2) is 0 Å². The third kappa shape index (κ3) is 7.49. The van der Waals surface area contributed by atoms with Gasteiger partial charge in [-0.2, -0.15) is 0 Å². The quantitative estimate of drug-likeness (QED) is 0.539. The van der Waals surface area contributed by atoms with Gasteiger partial charge in [-0.1, -0.05) is 42.0 Å². The standard InChI is InChI=1S/C19H21BrN4O3/c1-13-6-8-14(9-7-13)10-22-19(27)23-11-17(25)21-12-18(26)24-16-5-3-2-4-15(16)20/h2-9H,10-12H2,1H3,(H,21,25)(H,24,26)(H2,22,23,27). The maximum atomic E-state index is 11.8. The molecule has 0 fully saturated rings. The largest absolute Gasteiger partial charge is 0.345 e. The van der Waals surface area contributed by atoms with E-state index in [4.69, 9.17) is 0 Å². The van der Waals surface area contributed by atoms with Crippen LogP contribution in [0, 0.1) is 6.92 Å². The molecule has 2 rings (SSSR count). The van der Waals surface area contributed by atoms with E-state index in [0.29, 0.717) is 12.2 Å². The fourth-order valence-electron chi connectivity index (χ4n) is 2.11. The summed E-state index contributed by atoms with van der Waals surface area (Å²) in [6.07, 6.45) is 0. The SMILES string of the molecule is Cc1ccc(CNC(=O)NCC(=O)NCC(=O)Nc2ccccc2Br)cc1. The maximum Gasteiger partial charge on any atom is 0.315 e. The zero-order valence-electron chi connectivity index (χ0n) is 14.8. The molecule has 0 heterocycles. The highest BCUT2D eigenvalue weighted by atomic mass is 79.9. The van der Waals surface area contributed by atoms with Gasteiger partial charge in [-0.25, -0.2) is 4.79 Å². The Kier molecular flexibility index (Phi) is 7.81. The summed E-state index contributed by atoms with van der Waals surface area (Å²) in [6.45, 7) is 1.94. The van der Waals surface area contributed by atoms with Crippen molar-refractivity contribution in [3.63, 3.8) is 0 Å². The zero-order valence-corrected chi connectivity index (χ0v) is 16.4. The van der Waals surface area contributed by atoms with Crippen LogP contribution in [0.3, 0.4) is 0 Å². The Morgan fingerprint density at radius 2 is 1.52 bits per heavy atom. The average molecular weight is 433 g/mol. The Hall–Kier alpha value is -2.87. The molecule has 2 aromatic carbocycles. The zero-order chi connectivity index (χ0) is 19.6. The number of hydrogen-bond donors (Lipinski definition) is 4. The van der Waals surface area contributed by atoms with Gasteiger partial charge in [0.1, 0.15) is 0 Å². The van der Waals surface area contributed by atoms with Crippen LogP contribution in [0.15, 0.2) is 53.0 Å². The first-order chi connectivity index (χ1) is 12.9. The Bertz CT molecular complexity index is 809. The highest BCUT2D eigenvalue weighted by Gasteiger charge is 2.09. The lowest BCUT2D eigenvalue weighted by atomic mass is 10.1. The lowest BCUT2D eigenvalue weighted by Gasteiger charge is -2.10. The lowest BCUT2D eigenvalue weighted by molar-refractivity contribution is -0.123. The predicted octanol–water partition coefficient (Wildman–Crippen LogP) is 2.31. The minimum Gasteiger partial charge on any atom is -0.345 e. The van der Waals surface area contributed by atoms with Crippen molar-refractivity contribution in [1.82, 2.24) is 16.0 Å². The number of urea groups is 1. The van der Waals surface area contributed by atoms with E-state index < -0.39 is 11.9 Å². The van der Waals surface area contributed by atoms with Crippen LogP contribution < -0.4 is 21.3 Å². The molecule has 2 aromatic rings. The van der Waals surface area contributed by atoms with Crippen LogP contribution >= 0.6 is 15.9 Å².